The number of ether oxygens (including phenoxy) is 2. The Morgan fingerprint density at radius 3 is 2.12 bits per heavy atom. The minimum atomic E-state index is -0.749. The number of ketones is 1. The Hall–Kier alpha value is -3.75. The van der Waals surface area contributed by atoms with Crippen molar-refractivity contribution in [2.24, 2.45) is 0 Å². The molecule has 0 aliphatic heterocycles. The monoisotopic (exact) mass is 358 g/mol. The van der Waals surface area contributed by atoms with E-state index in [9.17, 15) is 25.0 Å². The van der Waals surface area contributed by atoms with E-state index < -0.39 is 27.0 Å². The number of carbonyl (C=O) groups is 1. The molecule has 134 valence electrons. The Bertz CT molecular complexity index is 884. The fourth-order valence-corrected chi connectivity index (χ4v) is 2.29. The summed E-state index contributed by atoms with van der Waals surface area (Å²) in [5.41, 5.74) is -0.664. The molecule has 9 heteroatoms. The zero-order chi connectivity index (χ0) is 19.3. The SMILES string of the molecule is COc1cccc(OC)c1C(=O)/C=C/c1ccc([N+](=O)[O-])cc1[N+](=O)[O-]. The average Bonchev–Trinajstić information content (AvgIpc) is 2.64. The van der Waals surface area contributed by atoms with Gasteiger partial charge in [-0.25, -0.2) is 0 Å². The van der Waals surface area contributed by atoms with Crippen LogP contribution in [0.5, 0.6) is 11.5 Å². The molecule has 9 nitrogen and oxygen atoms in total. The molecule has 0 bridgehead atoms. The number of nitro groups is 2. The van der Waals surface area contributed by atoms with Crippen LogP contribution in [0.15, 0.2) is 42.5 Å². The van der Waals surface area contributed by atoms with Gasteiger partial charge in [-0.15, -0.1) is 0 Å². The molecular weight excluding hydrogens is 344 g/mol. The lowest BCUT2D eigenvalue weighted by Crippen LogP contribution is -2.02. The fourth-order valence-electron chi connectivity index (χ4n) is 2.29. The van der Waals surface area contributed by atoms with E-state index in [4.69, 9.17) is 9.47 Å². The number of methoxy groups -OCH3 is 2. The van der Waals surface area contributed by atoms with Crippen molar-refractivity contribution in [2.75, 3.05) is 14.2 Å². The number of benzene rings is 2. The molecule has 0 saturated heterocycles. The summed E-state index contributed by atoms with van der Waals surface area (Å²) in [6.07, 6.45) is 2.34. The van der Waals surface area contributed by atoms with Crippen molar-refractivity contribution in [2.45, 2.75) is 0 Å². The molecule has 0 amide bonds. The molecule has 26 heavy (non-hydrogen) atoms. The molecule has 0 heterocycles. The summed E-state index contributed by atoms with van der Waals surface area (Å²) in [6.45, 7) is 0. The summed E-state index contributed by atoms with van der Waals surface area (Å²) in [6, 6.07) is 7.99. The van der Waals surface area contributed by atoms with Crippen LogP contribution in [-0.4, -0.2) is 29.8 Å². The highest BCUT2D eigenvalue weighted by atomic mass is 16.6. The van der Waals surface area contributed by atoms with Crippen molar-refractivity contribution in [3.8, 4) is 11.5 Å². The third-order valence-corrected chi connectivity index (χ3v) is 3.51. The van der Waals surface area contributed by atoms with Gasteiger partial charge in [0.1, 0.15) is 17.1 Å². The predicted molar refractivity (Wildman–Crippen MR) is 92.7 cm³/mol. The minimum absolute atomic E-state index is 0.0582. The lowest BCUT2D eigenvalue weighted by atomic mass is 10.1. The molecule has 2 aromatic rings. The first-order chi connectivity index (χ1) is 12.4. The van der Waals surface area contributed by atoms with Crippen LogP contribution in [0.3, 0.4) is 0 Å². The highest BCUT2D eigenvalue weighted by Gasteiger charge is 2.19. The van der Waals surface area contributed by atoms with Crippen molar-refractivity contribution < 1.29 is 24.1 Å². The molecule has 0 aliphatic carbocycles. The molecule has 0 aliphatic rings. The van der Waals surface area contributed by atoms with Gasteiger partial charge >= 0.3 is 0 Å². The van der Waals surface area contributed by atoms with Gasteiger partial charge in [0.2, 0.25) is 0 Å². The van der Waals surface area contributed by atoms with E-state index in [1.165, 1.54) is 26.4 Å². The lowest BCUT2D eigenvalue weighted by molar-refractivity contribution is -0.394. The quantitative estimate of drug-likeness (QED) is 0.322. The van der Waals surface area contributed by atoms with Gasteiger partial charge in [0.25, 0.3) is 11.4 Å². The van der Waals surface area contributed by atoms with E-state index in [1.54, 1.807) is 18.2 Å². The summed E-state index contributed by atoms with van der Waals surface area (Å²) >= 11 is 0. The van der Waals surface area contributed by atoms with Crippen LogP contribution in [-0.2, 0) is 0 Å². The Balaban J connectivity index is 2.43. The summed E-state index contributed by atoms with van der Waals surface area (Å²) < 4.78 is 10.3. The molecule has 0 N–H and O–H groups in total. The second-order valence-electron chi connectivity index (χ2n) is 4.99. The number of nitro benzene ring substituents is 2. The Labute approximate surface area is 147 Å². The van der Waals surface area contributed by atoms with E-state index in [-0.39, 0.29) is 22.6 Å². The van der Waals surface area contributed by atoms with Gasteiger partial charge in [-0.05, 0) is 30.4 Å². The number of carbonyl (C=O) groups excluding carboxylic acids is 1. The highest BCUT2D eigenvalue weighted by Crippen LogP contribution is 2.30. The molecule has 0 radical (unpaired) electrons. The lowest BCUT2D eigenvalue weighted by Gasteiger charge is -2.10. The van der Waals surface area contributed by atoms with Crippen LogP contribution in [0.2, 0.25) is 0 Å². The Kier molecular flexibility index (Phi) is 5.63. The average molecular weight is 358 g/mol. The van der Waals surface area contributed by atoms with E-state index in [0.29, 0.717) is 0 Å². The van der Waals surface area contributed by atoms with E-state index >= 15 is 0 Å². The van der Waals surface area contributed by atoms with Crippen molar-refractivity contribution >= 4 is 23.2 Å². The number of hydrogen-bond acceptors (Lipinski definition) is 7. The smallest absolute Gasteiger partial charge is 0.283 e. The molecule has 0 unspecified atom stereocenters. The van der Waals surface area contributed by atoms with Crippen molar-refractivity contribution in [3.05, 3.63) is 73.8 Å². The van der Waals surface area contributed by atoms with Gasteiger partial charge in [-0.2, -0.15) is 0 Å². The maximum Gasteiger partial charge on any atom is 0.283 e. The van der Waals surface area contributed by atoms with Crippen LogP contribution in [0.4, 0.5) is 11.4 Å². The van der Waals surface area contributed by atoms with Crippen LogP contribution in [0, 0.1) is 20.2 Å². The third kappa shape index (κ3) is 3.83. The van der Waals surface area contributed by atoms with Gasteiger partial charge < -0.3 is 9.47 Å². The molecule has 0 aromatic heterocycles. The molecule has 0 spiro atoms. The van der Waals surface area contributed by atoms with Crippen molar-refractivity contribution in [1.29, 1.82) is 0 Å². The standard InChI is InChI=1S/C17H14N2O7/c1-25-15-4-3-5-16(26-2)17(15)14(20)9-7-11-6-8-12(18(21)22)10-13(11)19(23)24/h3-10H,1-2H3/b9-7+. The molecule has 2 rings (SSSR count). The number of non-ortho nitro benzene ring substituents is 1. The Morgan fingerprint density at radius 1 is 1.00 bits per heavy atom. The summed E-state index contributed by atoms with van der Waals surface area (Å²) in [5.74, 6) is 0.0846. The van der Waals surface area contributed by atoms with Gasteiger partial charge in [0, 0.05) is 6.07 Å². The normalized spacial score (nSPS) is 10.5. The minimum Gasteiger partial charge on any atom is -0.496 e. The third-order valence-electron chi connectivity index (χ3n) is 3.51. The first-order valence-electron chi connectivity index (χ1n) is 7.25. The van der Waals surface area contributed by atoms with E-state index in [0.717, 1.165) is 18.2 Å². The van der Waals surface area contributed by atoms with Crippen molar-refractivity contribution in [1.82, 2.24) is 0 Å². The van der Waals surface area contributed by atoms with Crippen LogP contribution in [0.1, 0.15) is 15.9 Å². The van der Waals surface area contributed by atoms with Crippen LogP contribution >= 0.6 is 0 Å². The van der Waals surface area contributed by atoms with Gasteiger partial charge in [-0.1, -0.05) is 6.07 Å². The predicted octanol–water partition coefficient (Wildman–Crippen LogP) is 3.42. The Morgan fingerprint density at radius 2 is 1.62 bits per heavy atom. The van der Waals surface area contributed by atoms with Crippen LogP contribution < -0.4 is 9.47 Å². The topological polar surface area (TPSA) is 122 Å². The highest BCUT2D eigenvalue weighted by molar-refractivity contribution is 6.10. The number of nitrogens with zero attached hydrogens (tertiary/aromatic N) is 2. The van der Waals surface area contributed by atoms with Crippen molar-refractivity contribution in [3.63, 3.8) is 0 Å². The zero-order valence-electron chi connectivity index (χ0n) is 13.9. The summed E-state index contributed by atoms with van der Waals surface area (Å²) in [7, 11) is 2.80. The second-order valence-corrected chi connectivity index (χ2v) is 4.99. The van der Waals surface area contributed by atoms with Crippen LogP contribution in [0.25, 0.3) is 6.08 Å². The maximum atomic E-state index is 12.5. The molecule has 0 fully saturated rings. The first kappa shape index (κ1) is 18.6. The second kappa shape index (κ2) is 7.88. The maximum absolute atomic E-state index is 12.5. The largest absolute Gasteiger partial charge is 0.496 e. The summed E-state index contributed by atoms with van der Waals surface area (Å²) in [4.78, 5) is 32.9. The molecule has 0 atom stereocenters. The van der Waals surface area contributed by atoms with Gasteiger partial charge in [-0.3, -0.25) is 25.0 Å². The molecular formula is C17H14N2O7. The van der Waals surface area contributed by atoms with Gasteiger partial charge in [0.05, 0.1) is 35.7 Å². The number of rotatable bonds is 7. The number of allylic oxidation sites excluding steroid dienone is 1. The molecule has 0 saturated carbocycles. The van der Waals surface area contributed by atoms with E-state index in [2.05, 4.69) is 0 Å². The summed E-state index contributed by atoms with van der Waals surface area (Å²) in [5, 5.41) is 21.9. The molecule has 2 aromatic carbocycles. The van der Waals surface area contributed by atoms with Gasteiger partial charge in [0.15, 0.2) is 5.78 Å². The zero-order valence-corrected chi connectivity index (χ0v) is 13.9. The fraction of sp³-hybridized carbons (Fsp3) is 0.118. The number of hydrogen-bond donors (Lipinski definition) is 0. The van der Waals surface area contributed by atoms with E-state index in [1.807, 2.05) is 0 Å². The first-order valence-corrected chi connectivity index (χ1v) is 7.25.